The predicted octanol–water partition coefficient (Wildman–Crippen LogP) is 5.94. The molecule has 1 nitrogen and oxygen atoms in total. The fourth-order valence-corrected chi connectivity index (χ4v) is 2.30. The number of rotatable bonds is 2. The van der Waals surface area contributed by atoms with E-state index in [-0.39, 0.29) is 0 Å². The van der Waals surface area contributed by atoms with Crippen LogP contribution in [0, 0.1) is 0 Å². The van der Waals surface area contributed by atoms with Crippen LogP contribution in [-0.4, -0.2) is 0 Å². The first-order valence-corrected chi connectivity index (χ1v) is 6.61. The largest absolute Gasteiger partial charge is 0.455 e. The molecular weight excluding hydrogens is 279 g/mol. The second-order valence-corrected chi connectivity index (χ2v) is 4.92. The normalized spacial score (nSPS) is 10.6. The summed E-state index contributed by atoms with van der Waals surface area (Å²) in [6, 6.07) is 19.3. The molecule has 0 fully saturated rings. The molecule has 19 heavy (non-hydrogen) atoms. The van der Waals surface area contributed by atoms with Gasteiger partial charge in [-0.3, -0.25) is 0 Å². The fourth-order valence-electron chi connectivity index (χ4n) is 1.97. The van der Waals surface area contributed by atoms with E-state index in [1.165, 1.54) is 0 Å². The standard InChI is InChI=1S/C16H10Cl2O/c17-13-8-4-10-15(16(13)18)19-14-9-3-6-11-5-1-2-7-12(11)14/h1-10H. The molecule has 3 aromatic rings. The van der Waals surface area contributed by atoms with Crippen molar-refractivity contribution in [2.75, 3.05) is 0 Å². The van der Waals surface area contributed by atoms with Crippen molar-refractivity contribution in [1.29, 1.82) is 0 Å². The Labute approximate surface area is 121 Å². The third-order valence-electron chi connectivity index (χ3n) is 2.89. The third kappa shape index (κ3) is 2.40. The topological polar surface area (TPSA) is 9.23 Å². The van der Waals surface area contributed by atoms with Crippen LogP contribution < -0.4 is 4.74 Å². The molecule has 0 radical (unpaired) electrons. The van der Waals surface area contributed by atoms with Gasteiger partial charge in [0.2, 0.25) is 0 Å². The van der Waals surface area contributed by atoms with Gasteiger partial charge in [0.1, 0.15) is 16.5 Å². The van der Waals surface area contributed by atoms with Crippen molar-refractivity contribution >= 4 is 34.0 Å². The zero-order chi connectivity index (χ0) is 13.2. The van der Waals surface area contributed by atoms with Crippen molar-refractivity contribution in [2.45, 2.75) is 0 Å². The Hall–Kier alpha value is -1.70. The molecule has 0 saturated carbocycles. The highest BCUT2D eigenvalue weighted by Gasteiger charge is 2.08. The molecule has 0 bridgehead atoms. The molecule has 0 amide bonds. The Kier molecular flexibility index (Phi) is 3.33. The highest BCUT2D eigenvalue weighted by atomic mass is 35.5. The molecule has 94 valence electrons. The van der Waals surface area contributed by atoms with E-state index in [0.717, 1.165) is 16.5 Å². The lowest BCUT2D eigenvalue weighted by Gasteiger charge is -2.10. The SMILES string of the molecule is Clc1cccc(Oc2cccc3ccccc23)c1Cl. The molecular formula is C16H10Cl2O. The van der Waals surface area contributed by atoms with Gasteiger partial charge in [0, 0.05) is 5.39 Å². The lowest BCUT2D eigenvalue weighted by Crippen LogP contribution is -1.87. The molecule has 0 aromatic heterocycles. The van der Waals surface area contributed by atoms with Crippen LogP contribution in [0.15, 0.2) is 60.7 Å². The Bertz CT molecular complexity index is 732. The summed E-state index contributed by atoms with van der Waals surface area (Å²) in [5.41, 5.74) is 0. The Morgan fingerprint density at radius 1 is 0.684 bits per heavy atom. The molecule has 0 heterocycles. The lowest BCUT2D eigenvalue weighted by atomic mass is 10.1. The van der Waals surface area contributed by atoms with Crippen LogP contribution in [0.25, 0.3) is 10.8 Å². The summed E-state index contributed by atoms with van der Waals surface area (Å²) >= 11 is 12.1. The van der Waals surface area contributed by atoms with E-state index in [2.05, 4.69) is 0 Å². The number of hydrogen-bond acceptors (Lipinski definition) is 1. The van der Waals surface area contributed by atoms with E-state index < -0.39 is 0 Å². The van der Waals surface area contributed by atoms with Gasteiger partial charge >= 0.3 is 0 Å². The summed E-state index contributed by atoms with van der Waals surface area (Å²) < 4.78 is 5.89. The van der Waals surface area contributed by atoms with Gasteiger partial charge < -0.3 is 4.74 Å². The maximum atomic E-state index is 6.14. The monoisotopic (exact) mass is 288 g/mol. The molecule has 0 unspecified atom stereocenters. The molecule has 3 aromatic carbocycles. The van der Waals surface area contributed by atoms with E-state index in [9.17, 15) is 0 Å². The van der Waals surface area contributed by atoms with Crippen LogP contribution in [0.2, 0.25) is 10.0 Å². The van der Waals surface area contributed by atoms with Gasteiger partial charge in [-0.15, -0.1) is 0 Å². The first-order valence-electron chi connectivity index (χ1n) is 5.85. The average molecular weight is 289 g/mol. The molecule has 0 spiro atoms. The maximum Gasteiger partial charge on any atom is 0.147 e. The fraction of sp³-hybridized carbons (Fsp3) is 0. The van der Waals surface area contributed by atoms with Gasteiger partial charge in [-0.1, -0.05) is 65.7 Å². The van der Waals surface area contributed by atoms with Crippen molar-refractivity contribution in [2.24, 2.45) is 0 Å². The van der Waals surface area contributed by atoms with E-state index in [4.69, 9.17) is 27.9 Å². The van der Waals surface area contributed by atoms with Crippen LogP contribution in [0.4, 0.5) is 0 Å². The van der Waals surface area contributed by atoms with Crippen molar-refractivity contribution in [3.8, 4) is 11.5 Å². The maximum absolute atomic E-state index is 6.14. The Morgan fingerprint density at radius 3 is 2.26 bits per heavy atom. The lowest BCUT2D eigenvalue weighted by molar-refractivity contribution is 0.488. The summed E-state index contributed by atoms with van der Waals surface area (Å²) in [4.78, 5) is 0. The van der Waals surface area contributed by atoms with Crippen molar-refractivity contribution in [3.63, 3.8) is 0 Å². The third-order valence-corrected chi connectivity index (χ3v) is 3.69. The molecule has 0 aliphatic heterocycles. The molecule has 0 aliphatic rings. The highest BCUT2D eigenvalue weighted by molar-refractivity contribution is 6.42. The van der Waals surface area contributed by atoms with E-state index >= 15 is 0 Å². The minimum Gasteiger partial charge on any atom is -0.455 e. The predicted molar refractivity (Wildman–Crippen MR) is 80.5 cm³/mol. The summed E-state index contributed by atoms with van der Waals surface area (Å²) in [7, 11) is 0. The van der Waals surface area contributed by atoms with Crippen molar-refractivity contribution < 1.29 is 4.74 Å². The molecule has 3 heteroatoms. The average Bonchev–Trinajstić information content (AvgIpc) is 2.44. The van der Waals surface area contributed by atoms with Crippen LogP contribution >= 0.6 is 23.2 Å². The summed E-state index contributed by atoms with van der Waals surface area (Å²) in [6.45, 7) is 0. The highest BCUT2D eigenvalue weighted by Crippen LogP contribution is 2.36. The first kappa shape index (κ1) is 12.3. The van der Waals surface area contributed by atoms with E-state index in [0.29, 0.717) is 15.8 Å². The van der Waals surface area contributed by atoms with Gasteiger partial charge in [0.25, 0.3) is 0 Å². The van der Waals surface area contributed by atoms with Gasteiger partial charge in [0.15, 0.2) is 0 Å². The summed E-state index contributed by atoms with van der Waals surface area (Å²) in [6.07, 6.45) is 0. The first-order chi connectivity index (χ1) is 9.25. The van der Waals surface area contributed by atoms with Crippen LogP contribution in [0.1, 0.15) is 0 Å². The number of halogens is 2. The number of ether oxygens (including phenoxy) is 1. The second kappa shape index (κ2) is 5.12. The second-order valence-electron chi connectivity index (χ2n) is 4.13. The molecule has 0 saturated heterocycles. The molecule has 0 atom stereocenters. The molecule has 0 N–H and O–H groups in total. The van der Waals surface area contributed by atoms with Gasteiger partial charge in [0.05, 0.1) is 5.02 Å². The Morgan fingerprint density at radius 2 is 1.37 bits per heavy atom. The minimum atomic E-state index is 0.428. The van der Waals surface area contributed by atoms with Crippen LogP contribution in [0.3, 0.4) is 0 Å². The molecule has 0 aliphatic carbocycles. The number of hydrogen-bond donors (Lipinski definition) is 0. The van der Waals surface area contributed by atoms with Gasteiger partial charge in [-0.25, -0.2) is 0 Å². The summed E-state index contributed by atoms with van der Waals surface area (Å²) in [5.74, 6) is 1.33. The zero-order valence-electron chi connectivity index (χ0n) is 9.94. The van der Waals surface area contributed by atoms with E-state index in [1.807, 2.05) is 48.5 Å². The van der Waals surface area contributed by atoms with Crippen LogP contribution in [-0.2, 0) is 0 Å². The van der Waals surface area contributed by atoms with E-state index in [1.54, 1.807) is 12.1 Å². The number of fused-ring (bicyclic) bond motifs is 1. The summed E-state index contributed by atoms with van der Waals surface area (Å²) in [5, 5.41) is 3.08. The van der Waals surface area contributed by atoms with Gasteiger partial charge in [-0.2, -0.15) is 0 Å². The Balaban J connectivity index is 2.09. The van der Waals surface area contributed by atoms with Crippen molar-refractivity contribution in [1.82, 2.24) is 0 Å². The molecule has 3 rings (SSSR count). The minimum absolute atomic E-state index is 0.428. The van der Waals surface area contributed by atoms with Crippen LogP contribution in [0.5, 0.6) is 11.5 Å². The number of benzene rings is 3. The zero-order valence-corrected chi connectivity index (χ0v) is 11.4. The smallest absolute Gasteiger partial charge is 0.147 e. The van der Waals surface area contributed by atoms with Crippen molar-refractivity contribution in [3.05, 3.63) is 70.7 Å². The van der Waals surface area contributed by atoms with Gasteiger partial charge in [-0.05, 0) is 23.6 Å². The quantitative estimate of drug-likeness (QED) is 0.567.